The number of benzene rings is 2. The zero-order chi connectivity index (χ0) is 26.2. The molecule has 1 unspecified atom stereocenters. The smallest absolute Gasteiger partial charge is 0.199 e. The van der Waals surface area contributed by atoms with Gasteiger partial charge >= 0.3 is 0 Å². The average Bonchev–Trinajstić information content (AvgIpc) is 3.17. The van der Waals surface area contributed by atoms with E-state index in [1.165, 1.54) is 36.4 Å². The van der Waals surface area contributed by atoms with Crippen molar-refractivity contribution in [3.8, 4) is 11.5 Å². The molecule has 1 heterocycles. The summed E-state index contributed by atoms with van der Waals surface area (Å²) in [6.45, 7) is 21.1. The number of phenolic OH excluding ortho intramolecular Hbond substituents is 2. The zero-order valence-electron chi connectivity index (χ0n) is 23.6. The summed E-state index contributed by atoms with van der Waals surface area (Å²) >= 11 is 0. The van der Waals surface area contributed by atoms with Crippen molar-refractivity contribution in [3.63, 3.8) is 0 Å². The predicted molar refractivity (Wildman–Crippen MR) is 154 cm³/mol. The van der Waals surface area contributed by atoms with Crippen molar-refractivity contribution < 1.29 is 14.6 Å². The molecule has 0 aromatic heterocycles. The van der Waals surface area contributed by atoms with Gasteiger partial charge in [0.15, 0.2) is 8.32 Å². The minimum atomic E-state index is -1.82. The predicted octanol–water partition coefficient (Wildman–Crippen LogP) is 8.45. The standard InChI is InChI=1S/C30H48O3Si2/c1-22-20-25(14-16-27(22)31)12-10-18-30(6)24(3)35(30,9)33-29(4,5)34(7,8)19-11-13-26-15-17-28(32)23(2)21-26/h14-17,20-21,24,31-32H,10-13,18-19H2,1-9H3/t24-,30?,35-/m1/s1. The summed E-state index contributed by atoms with van der Waals surface area (Å²) in [7, 11) is -3.44. The van der Waals surface area contributed by atoms with E-state index in [2.05, 4.69) is 71.6 Å². The van der Waals surface area contributed by atoms with Crippen molar-refractivity contribution >= 4 is 16.4 Å². The van der Waals surface area contributed by atoms with Crippen molar-refractivity contribution in [1.82, 2.24) is 0 Å². The fourth-order valence-corrected chi connectivity index (χ4v) is 14.4. The molecule has 0 spiro atoms. The minimum Gasteiger partial charge on any atom is -0.508 e. The van der Waals surface area contributed by atoms with E-state index >= 15 is 0 Å². The van der Waals surface area contributed by atoms with Crippen molar-refractivity contribution in [2.75, 3.05) is 0 Å². The van der Waals surface area contributed by atoms with Crippen LogP contribution in [-0.2, 0) is 17.3 Å². The van der Waals surface area contributed by atoms with Crippen LogP contribution in [0.4, 0.5) is 0 Å². The third-order valence-electron chi connectivity index (χ3n) is 9.88. The van der Waals surface area contributed by atoms with E-state index in [1.807, 2.05) is 26.0 Å². The van der Waals surface area contributed by atoms with Gasteiger partial charge in [0.25, 0.3) is 0 Å². The molecule has 2 aromatic rings. The Labute approximate surface area is 216 Å². The Morgan fingerprint density at radius 3 is 1.91 bits per heavy atom. The van der Waals surface area contributed by atoms with Gasteiger partial charge in [-0.1, -0.05) is 63.7 Å². The topological polar surface area (TPSA) is 49.7 Å². The van der Waals surface area contributed by atoms with Crippen LogP contribution in [0.5, 0.6) is 11.5 Å². The minimum absolute atomic E-state index is 0.0427. The SMILES string of the molecule is Cc1cc(CCCC2(C)[C@@H](C)[Si@@]2(C)OC(C)(C)[Si](C)(C)CCCc2ccc(O)c(C)c2)ccc1O. The van der Waals surface area contributed by atoms with E-state index in [1.54, 1.807) is 0 Å². The molecule has 1 fully saturated rings. The number of hydrogen-bond acceptors (Lipinski definition) is 3. The summed E-state index contributed by atoms with van der Waals surface area (Å²) in [6.07, 6.45) is 5.69. The fourth-order valence-electron chi connectivity index (χ4n) is 5.88. The molecular formula is C30H48O3Si2. The molecule has 2 aromatic carbocycles. The summed E-state index contributed by atoms with van der Waals surface area (Å²) in [5.41, 5.74) is 5.24. The number of hydrogen-bond donors (Lipinski definition) is 2. The summed E-state index contributed by atoms with van der Waals surface area (Å²) in [4.78, 5) is 0. The van der Waals surface area contributed by atoms with Crippen LogP contribution >= 0.6 is 0 Å². The molecule has 3 rings (SSSR count). The van der Waals surface area contributed by atoms with Crippen LogP contribution < -0.4 is 0 Å². The lowest BCUT2D eigenvalue weighted by Crippen LogP contribution is -2.55. The van der Waals surface area contributed by atoms with Crippen LogP contribution in [0.15, 0.2) is 36.4 Å². The maximum absolute atomic E-state index is 9.80. The lowest BCUT2D eigenvalue weighted by molar-refractivity contribution is 0.177. The first-order valence-corrected chi connectivity index (χ1v) is 19.1. The van der Waals surface area contributed by atoms with E-state index in [4.69, 9.17) is 4.43 Å². The Balaban J connectivity index is 1.56. The molecule has 5 heteroatoms. The van der Waals surface area contributed by atoms with E-state index in [0.29, 0.717) is 22.1 Å². The Bertz CT molecular complexity index is 977. The summed E-state index contributed by atoms with van der Waals surface area (Å²) in [5, 5.41) is 19.9. The molecule has 0 amide bonds. The quantitative estimate of drug-likeness (QED) is 0.297. The molecule has 0 bridgehead atoms. The van der Waals surface area contributed by atoms with Gasteiger partial charge in [0.05, 0.1) is 8.07 Å². The van der Waals surface area contributed by atoms with Crippen molar-refractivity contribution in [2.45, 2.75) is 115 Å². The van der Waals surface area contributed by atoms with E-state index in [9.17, 15) is 10.2 Å². The molecule has 0 radical (unpaired) electrons. The molecule has 194 valence electrons. The number of aryl methyl sites for hydroxylation is 4. The highest BCUT2D eigenvalue weighted by Crippen LogP contribution is 2.74. The lowest BCUT2D eigenvalue weighted by atomic mass is 9.98. The van der Waals surface area contributed by atoms with Crippen molar-refractivity contribution in [1.29, 1.82) is 0 Å². The lowest BCUT2D eigenvalue weighted by Gasteiger charge is -2.43. The second kappa shape index (κ2) is 10.1. The molecule has 1 saturated heterocycles. The molecule has 1 aliphatic rings. The second-order valence-electron chi connectivity index (χ2n) is 12.7. The van der Waals surface area contributed by atoms with Crippen molar-refractivity contribution in [2.24, 2.45) is 0 Å². The molecule has 0 saturated carbocycles. The summed E-state index contributed by atoms with van der Waals surface area (Å²) in [6, 6.07) is 13.3. The van der Waals surface area contributed by atoms with Gasteiger partial charge in [-0.2, -0.15) is 0 Å². The first kappa shape index (κ1) is 28.0. The van der Waals surface area contributed by atoms with E-state index in [0.717, 1.165) is 24.0 Å². The Morgan fingerprint density at radius 2 is 1.43 bits per heavy atom. The molecule has 0 aliphatic carbocycles. The van der Waals surface area contributed by atoms with Gasteiger partial charge < -0.3 is 14.6 Å². The maximum Gasteiger partial charge on any atom is 0.199 e. The Kier molecular flexibility index (Phi) is 8.05. The molecule has 3 atom stereocenters. The average molecular weight is 513 g/mol. The van der Waals surface area contributed by atoms with Gasteiger partial charge in [-0.15, -0.1) is 0 Å². The first-order valence-electron chi connectivity index (χ1n) is 13.4. The molecule has 2 N–H and O–H groups in total. The van der Waals surface area contributed by atoms with Crippen LogP contribution in [0.3, 0.4) is 0 Å². The summed E-state index contributed by atoms with van der Waals surface area (Å²) in [5.74, 6) is 0.771. The Morgan fingerprint density at radius 1 is 0.943 bits per heavy atom. The van der Waals surface area contributed by atoms with Crippen LogP contribution in [0.2, 0.25) is 36.3 Å². The van der Waals surface area contributed by atoms with Gasteiger partial charge in [0.2, 0.25) is 0 Å². The zero-order valence-corrected chi connectivity index (χ0v) is 25.6. The number of phenols is 2. The molecule has 1 aliphatic heterocycles. The van der Waals surface area contributed by atoms with Crippen LogP contribution in [0.25, 0.3) is 0 Å². The highest BCUT2D eigenvalue weighted by atomic mass is 28.4. The first-order chi connectivity index (χ1) is 16.1. The molecule has 3 nitrogen and oxygen atoms in total. The van der Waals surface area contributed by atoms with Gasteiger partial charge in [-0.05, 0) is 105 Å². The molecule has 35 heavy (non-hydrogen) atoms. The van der Waals surface area contributed by atoms with Gasteiger partial charge in [-0.25, -0.2) is 0 Å². The van der Waals surface area contributed by atoms with Gasteiger partial charge in [-0.3, -0.25) is 0 Å². The van der Waals surface area contributed by atoms with Crippen LogP contribution in [0, 0.1) is 13.8 Å². The third-order valence-corrected chi connectivity index (χ3v) is 20.9. The second-order valence-corrected chi connectivity index (χ2v) is 22.6. The maximum atomic E-state index is 9.80. The summed E-state index contributed by atoms with van der Waals surface area (Å²) < 4.78 is 7.24. The monoisotopic (exact) mass is 512 g/mol. The largest absolute Gasteiger partial charge is 0.508 e. The normalized spacial score (nSPS) is 24.5. The van der Waals surface area contributed by atoms with Crippen LogP contribution in [0.1, 0.15) is 69.2 Å². The number of rotatable bonds is 11. The molecular weight excluding hydrogens is 464 g/mol. The third kappa shape index (κ3) is 5.73. The van der Waals surface area contributed by atoms with E-state index < -0.39 is 16.4 Å². The van der Waals surface area contributed by atoms with Crippen molar-refractivity contribution in [3.05, 3.63) is 58.7 Å². The number of aromatic hydroxyl groups is 2. The van der Waals surface area contributed by atoms with Gasteiger partial charge in [0.1, 0.15) is 11.5 Å². The van der Waals surface area contributed by atoms with E-state index in [-0.39, 0.29) is 5.22 Å². The Hall–Kier alpha value is -1.57. The fraction of sp³-hybridized carbons (Fsp3) is 0.600. The highest BCUT2D eigenvalue weighted by Gasteiger charge is 2.73. The van der Waals surface area contributed by atoms with Gasteiger partial charge in [0, 0.05) is 5.22 Å². The van der Waals surface area contributed by atoms with Crippen LogP contribution in [-0.4, -0.2) is 31.8 Å². The highest BCUT2D eigenvalue weighted by molar-refractivity contribution is 6.90.